The van der Waals surface area contributed by atoms with Gasteiger partial charge in [0, 0.05) is 5.69 Å². The summed E-state index contributed by atoms with van der Waals surface area (Å²) in [6.45, 7) is 0. The van der Waals surface area contributed by atoms with E-state index in [4.69, 9.17) is 0 Å². The van der Waals surface area contributed by atoms with Gasteiger partial charge in [0.15, 0.2) is 5.65 Å². The topological polar surface area (TPSA) is 72.7 Å². The first-order valence-electron chi connectivity index (χ1n) is 8.76. The maximum atomic E-state index is 12.6. The molecular weight excluding hydrogens is 415 g/mol. The molecule has 10 heteroatoms. The molecule has 0 spiro atoms. The fourth-order valence-corrected chi connectivity index (χ4v) is 3.53. The molecule has 2 aromatic carbocycles. The van der Waals surface area contributed by atoms with Gasteiger partial charge in [0.05, 0.1) is 28.6 Å². The van der Waals surface area contributed by atoms with Crippen molar-refractivity contribution in [2.45, 2.75) is 11.2 Å². The largest absolute Gasteiger partial charge is 0.416 e. The normalized spacial score (nSPS) is 11.6. The molecule has 30 heavy (non-hydrogen) atoms. The first-order valence-corrected chi connectivity index (χ1v) is 9.74. The lowest BCUT2D eigenvalue weighted by Crippen LogP contribution is -2.14. The first-order chi connectivity index (χ1) is 14.4. The van der Waals surface area contributed by atoms with E-state index in [1.165, 1.54) is 30.2 Å². The molecule has 2 heterocycles. The number of para-hydroxylation sites is 1. The van der Waals surface area contributed by atoms with E-state index in [0.717, 1.165) is 17.8 Å². The molecule has 0 atom stereocenters. The van der Waals surface area contributed by atoms with Crippen LogP contribution in [0.1, 0.15) is 5.56 Å². The number of carbonyl (C=O) groups excluding carboxylic acids is 1. The molecule has 0 fully saturated rings. The van der Waals surface area contributed by atoms with Crippen molar-refractivity contribution >= 4 is 34.4 Å². The average Bonchev–Trinajstić information content (AvgIpc) is 3.17. The van der Waals surface area contributed by atoms with Crippen LogP contribution in [0.25, 0.3) is 16.7 Å². The minimum atomic E-state index is -4.42. The summed E-state index contributed by atoms with van der Waals surface area (Å²) in [5.74, 6) is -0.328. The molecule has 2 aromatic heterocycles. The highest BCUT2D eigenvalue weighted by atomic mass is 32.2. The van der Waals surface area contributed by atoms with Crippen LogP contribution in [0, 0.1) is 0 Å². The maximum absolute atomic E-state index is 12.6. The monoisotopic (exact) mass is 429 g/mol. The molecule has 0 unspecified atom stereocenters. The number of nitrogens with one attached hydrogen (secondary N) is 1. The Morgan fingerprint density at radius 2 is 1.77 bits per heavy atom. The van der Waals surface area contributed by atoms with Crippen LogP contribution in [-0.2, 0) is 11.0 Å². The van der Waals surface area contributed by atoms with Gasteiger partial charge in [-0.05, 0) is 36.4 Å². The number of carbonyl (C=O) groups is 1. The number of rotatable bonds is 5. The van der Waals surface area contributed by atoms with Gasteiger partial charge in [-0.25, -0.2) is 14.6 Å². The Balaban J connectivity index is 1.45. The van der Waals surface area contributed by atoms with E-state index >= 15 is 0 Å². The van der Waals surface area contributed by atoms with Crippen LogP contribution in [-0.4, -0.2) is 31.4 Å². The third-order valence-electron chi connectivity index (χ3n) is 4.17. The van der Waals surface area contributed by atoms with Crippen LogP contribution in [0.2, 0.25) is 0 Å². The van der Waals surface area contributed by atoms with Crippen LogP contribution >= 0.6 is 11.8 Å². The van der Waals surface area contributed by atoms with E-state index < -0.39 is 11.7 Å². The van der Waals surface area contributed by atoms with Gasteiger partial charge >= 0.3 is 6.18 Å². The van der Waals surface area contributed by atoms with Crippen molar-refractivity contribution < 1.29 is 18.0 Å². The van der Waals surface area contributed by atoms with E-state index in [-0.39, 0.29) is 11.7 Å². The smallest absolute Gasteiger partial charge is 0.325 e. The third kappa shape index (κ3) is 4.28. The summed E-state index contributed by atoms with van der Waals surface area (Å²) in [4.78, 5) is 20.7. The zero-order chi connectivity index (χ0) is 21.1. The number of benzene rings is 2. The Labute approximate surface area is 173 Å². The molecule has 0 saturated carbocycles. The minimum Gasteiger partial charge on any atom is -0.325 e. The Bertz CT molecular complexity index is 1180. The standard InChI is InChI=1S/C20H14F3N5OS/c21-20(22,23)13-6-8-14(9-7-13)27-17(29)11-30-19-16-10-26-28(18(16)24-12-25-19)15-4-2-1-3-5-15/h1-10,12H,11H2,(H,27,29). The highest BCUT2D eigenvalue weighted by molar-refractivity contribution is 8.00. The number of halogens is 3. The van der Waals surface area contributed by atoms with Crippen LogP contribution in [0.3, 0.4) is 0 Å². The van der Waals surface area contributed by atoms with Crippen LogP contribution in [0.15, 0.2) is 72.1 Å². The molecule has 4 aromatic rings. The number of hydrogen-bond acceptors (Lipinski definition) is 5. The van der Waals surface area contributed by atoms with Gasteiger partial charge in [-0.1, -0.05) is 30.0 Å². The lowest BCUT2D eigenvalue weighted by molar-refractivity contribution is -0.137. The second-order valence-electron chi connectivity index (χ2n) is 6.22. The van der Waals surface area contributed by atoms with Gasteiger partial charge in [-0.2, -0.15) is 18.3 Å². The van der Waals surface area contributed by atoms with E-state index in [9.17, 15) is 18.0 Å². The van der Waals surface area contributed by atoms with Crippen molar-refractivity contribution in [1.29, 1.82) is 0 Å². The molecule has 0 bridgehead atoms. The quantitative estimate of drug-likeness (QED) is 0.372. The van der Waals surface area contributed by atoms with Gasteiger partial charge in [0.25, 0.3) is 0 Å². The molecule has 4 rings (SSSR count). The van der Waals surface area contributed by atoms with Crippen molar-refractivity contribution in [3.8, 4) is 5.69 Å². The van der Waals surface area contributed by atoms with Gasteiger partial charge in [-0.15, -0.1) is 0 Å². The van der Waals surface area contributed by atoms with Crippen molar-refractivity contribution in [1.82, 2.24) is 19.7 Å². The van der Waals surface area contributed by atoms with Gasteiger partial charge < -0.3 is 5.32 Å². The summed E-state index contributed by atoms with van der Waals surface area (Å²) in [6, 6.07) is 13.8. The number of aromatic nitrogens is 4. The van der Waals surface area contributed by atoms with Crippen molar-refractivity contribution in [3.63, 3.8) is 0 Å². The summed E-state index contributed by atoms with van der Waals surface area (Å²) in [7, 11) is 0. The van der Waals surface area contributed by atoms with Gasteiger partial charge in [0.2, 0.25) is 5.91 Å². The highest BCUT2D eigenvalue weighted by Gasteiger charge is 2.30. The minimum absolute atomic E-state index is 0.0314. The Hall–Kier alpha value is -3.40. The number of thioether (sulfide) groups is 1. The van der Waals surface area contributed by atoms with Gasteiger partial charge in [0.1, 0.15) is 11.4 Å². The molecule has 0 aliphatic heterocycles. The average molecular weight is 429 g/mol. The van der Waals surface area contributed by atoms with Crippen LogP contribution < -0.4 is 5.32 Å². The van der Waals surface area contributed by atoms with Crippen molar-refractivity contribution in [3.05, 3.63) is 72.7 Å². The summed E-state index contributed by atoms with van der Waals surface area (Å²) >= 11 is 1.20. The molecule has 0 saturated heterocycles. The van der Waals surface area contributed by atoms with Crippen molar-refractivity contribution in [2.24, 2.45) is 0 Å². The Kier molecular flexibility index (Phi) is 5.40. The van der Waals surface area contributed by atoms with E-state index in [1.807, 2.05) is 30.3 Å². The number of hydrogen-bond donors (Lipinski definition) is 1. The number of alkyl halides is 3. The summed E-state index contributed by atoms with van der Waals surface area (Å²) in [5, 5.41) is 8.23. The fourth-order valence-electron chi connectivity index (χ4n) is 2.77. The maximum Gasteiger partial charge on any atom is 0.416 e. The number of amides is 1. The second kappa shape index (κ2) is 8.15. The van der Waals surface area contributed by atoms with E-state index in [0.29, 0.717) is 21.7 Å². The van der Waals surface area contributed by atoms with E-state index in [2.05, 4.69) is 20.4 Å². The molecular formula is C20H14F3N5OS. The summed E-state index contributed by atoms with van der Waals surface area (Å²) in [5.41, 5.74) is 0.982. The number of nitrogens with zero attached hydrogens (tertiary/aromatic N) is 4. The summed E-state index contributed by atoms with van der Waals surface area (Å²) < 4.78 is 39.5. The molecule has 1 N–H and O–H groups in total. The second-order valence-corrected chi connectivity index (χ2v) is 7.18. The zero-order valence-electron chi connectivity index (χ0n) is 15.3. The molecule has 152 valence electrons. The van der Waals surface area contributed by atoms with Crippen LogP contribution in [0.5, 0.6) is 0 Å². The Morgan fingerprint density at radius 1 is 1.03 bits per heavy atom. The van der Waals surface area contributed by atoms with Gasteiger partial charge in [-0.3, -0.25) is 4.79 Å². The fraction of sp³-hybridized carbons (Fsp3) is 0.100. The molecule has 1 amide bonds. The zero-order valence-corrected chi connectivity index (χ0v) is 16.1. The number of fused-ring (bicyclic) bond motifs is 1. The Morgan fingerprint density at radius 3 is 2.47 bits per heavy atom. The molecule has 0 radical (unpaired) electrons. The number of anilines is 1. The molecule has 0 aliphatic carbocycles. The molecule has 0 aliphatic rings. The van der Waals surface area contributed by atoms with Crippen LogP contribution in [0.4, 0.5) is 18.9 Å². The lowest BCUT2D eigenvalue weighted by Gasteiger charge is -2.09. The first kappa shape index (κ1) is 19.9. The third-order valence-corrected chi connectivity index (χ3v) is 5.17. The highest BCUT2D eigenvalue weighted by Crippen LogP contribution is 2.30. The SMILES string of the molecule is O=C(CSc1ncnc2c1cnn2-c1ccccc1)Nc1ccc(C(F)(F)F)cc1. The van der Waals surface area contributed by atoms with Crippen molar-refractivity contribution in [2.75, 3.05) is 11.1 Å². The van der Waals surface area contributed by atoms with E-state index in [1.54, 1.807) is 10.9 Å². The molecule has 6 nitrogen and oxygen atoms in total. The predicted octanol–water partition coefficient (Wildman–Crippen LogP) is 4.57. The summed E-state index contributed by atoms with van der Waals surface area (Å²) in [6.07, 6.45) is -1.38. The predicted molar refractivity (Wildman–Crippen MR) is 107 cm³/mol. The lowest BCUT2D eigenvalue weighted by atomic mass is 10.2.